The molecule has 1 heterocycles. The Morgan fingerprint density at radius 1 is 1.21 bits per heavy atom. The second-order valence-electron chi connectivity index (χ2n) is 3.47. The minimum absolute atomic E-state index is 0.443. The van der Waals surface area contributed by atoms with E-state index in [1.54, 1.807) is 11.8 Å². The van der Waals surface area contributed by atoms with Crippen molar-refractivity contribution in [3.05, 3.63) is 0 Å². The van der Waals surface area contributed by atoms with Crippen LogP contribution < -0.4 is 0 Å². The van der Waals surface area contributed by atoms with Crippen LogP contribution in [0.3, 0.4) is 0 Å². The number of hydrogen-bond acceptors (Lipinski definition) is 5. The number of ether oxygens (including phenoxy) is 1. The fourth-order valence-electron chi connectivity index (χ4n) is 1.31. The lowest BCUT2D eigenvalue weighted by Crippen LogP contribution is -2.33. The molecule has 1 saturated heterocycles. The highest BCUT2D eigenvalue weighted by molar-refractivity contribution is 7.99. The first-order valence-corrected chi connectivity index (χ1v) is 6.09. The third-order valence-corrected chi connectivity index (χ3v) is 3.40. The summed E-state index contributed by atoms with van der Waals surface area (Å²) in [7, 11) is 0. The van der Waals surface area contributed by atoms with Gasteiger partial charge in [-0.15, -0.1) is 0 Å². The topological polar surface area (TPSA) is 69.9 Å². The van der Waals surface area contributed by atoms with Crippen molar-refractivity contribution in [2.45, 2.75) is 44.4 Å². The molecule has 0 amide bonds. The van der Waals surface area contributed by atoms with Crippen LogP contribution >= 0.6 is 11.8 Å². The molecule has 5 heteroatoms. The number of unbranched alkanes of at least 4 members (excludes halogenated alkanes) is 1. The predicted molar refractivity (Wildman–Crippen MR) is 55.1 cm³/mol. The van der Waals surface area contributed by atoms with Crippen LogP contribution in [0.15, 0.2) is 0 Å². The van der Waals surface area contributed by atoms with Crippen LogP contribution in [0.4, 0.5) is 0 Å². The first kappa shape index (κ1) is 12.3. The number of aliphatic hydroxyl groups excluding tert-OH is 3. The molecule has 1 fully saturated rings. The fourth-order valence-corrected chi connectivity index (χ4v) is 2.48. The summed E-state index contributed by atoms with van der Waals surface area (Å²) in [5.74, 6) is 1.64. The molecule has 14 heavy (non-hydrogen) atoms. The molecule has 0 radical (unpaired) electrons. The Labute approximate surface area is 88.3 Å². The lowest BCUT2D eigenvalue weighted by Gasteiger charge is -2.13. The minimum Gasteiger partial charge on any atom is -0.387 e. The molecule has 0 aliphatic carbocycles. The van der Waals surface area contributed by atoms with Crippen LogP contribution in [-0.4, -0.2) is 51.4 Å². The highest BCUT2D eigenvalue weighted by Crippen LogP contribution is 2.22. The largest absolute Gasteiger partial charge is 0.387 e. The molecule has 0 aromatic carbocycles. The van der Waals surface area contributed by atoms with Gasteiger partial charge in [-0.2, -0.15) is 11.8 Å². The summed E-state index contributed by atoms with van der Waals surface area (Å²) in [5.41, 5.74) is 0. The zero-order chi connectivity index (χ0) is 10.6. The van der Waals surface area contributed by atoms with Crippen LogP contribution in [0.1, 0.15) is 19.8 Å². The van der Waals surface area contributed by atoms with Gasteiger partial charge in [0.2, 0.25) is 0 Å². The van der Waals surface area contributed by atoms with E-state index in [0.29, 0.717) is 5.75 Å². The minimum atomic E-state index is -1.23. The van der Waals surface area contributed by atoms with Gasteiger partial charge in [-0.25, -0.2) is 0 Å². The summed E-state index contributed by atoms with van der Waals surface area (Å²) in [5, 5.41) is 27.7. The Hall–Kier alpha value is 0.190. The van der Waals surface area contributed by atoms with Gasteiger partial charge in [-0.1, -0.05) is 13.3 Å². The Morgan fingerprint density at radius 3 is 2.43 bits per heavy atom. The molecule has 84 valence electrons. The molecule has 0 unspecified atom stereocenters. The maximum absolute atomic E-state index is 9.44. The van der Waals surface area contributed by atoms with Gasteiger partial charge in [0.25, 0.3) is 0 Å². The van der Waals surface area contributed by atoms with E-state index < -0.39 is 24.6 Å². The Morgan fingerprint density at radius 2 is 1.93 bits per heavy atom. The van der Waals surface area contributed by atoms with Gasteiger partial charge in [-0.3, -0.25) is 0 Å². The Bertz CT molecular complexity index is 167. The van der Waals surface area contributed by atoms with Gasteiger partial charge >= 0.3 is 0 Å². The van der Waals surface area contributed by atoms with Crippen LogP contribution in [0.5, 0.6) is 0 Å². The van der Waals surface area contributed by atoms with Crippen molar-refractivity contribution in [1.82, 2.24) is 0 Å². The average molecular weight is 222 g/mol. The molecule has 0 spiro atoms. The normalized spacial score (nSPS) is 37.7. The zero-order valence-electron chi connectivity index (χ0n) is 8.30. The van der Waals surface area contributed by atoms with Gasteiger partial charge in [-0.05, 0) is 12.2 Å². The summed E-state index contributed by atoms with van der Waals surface area (Å²) in [4.78, 5) is 0. The number of thioether (sulfide) groups is 1. The monoisotopic (exact) mass is 222 g/mol. The van der Waals surface area contributed by atoms with Gasteiger partial charge in [0, 0.05) is 5.75 Å². The van der Waals surface area contributed by atoms with E-state index in [1.807, 2.05) is 0 Å². The lowest BCUT2D eigenvalue weighted by molar-refractivity contribution is -0.123. The van der Waals surface area contributed by atoms with Crippen molar-refractivity contribution in [1.29, 1.82) is 0 Å². The van der Waals surface area contributed by atoms with E-state index in [1.165, 1.54) is 0 Å². The quantitative estimate of drug-likeness (QED) is 0.569. The second kappa shape index (κ2) is 5.92. The summed E-state index contributed by atoms with van der Waals surface area (Å²) >= 11 is 1.68. The van der Waals surface area contributed by atoms with Gasteiger partial charge in [0.05, 0.1) is 6.10 Å². The predicted octanol–water partition coefficient (Wildman–Crippen LogP) is -0.0413. The summed E-state index contributed by atoms with van der Waals surface area (Å²) < 4.78 is 5.00. The van der Waals surface area contributed by atoms with Crippen LogP contribution in [0.25, 0.3) is 0 Å². The van der Waals surface area contributed by atoms with Crippen molar-refractivity contribution in [3.63, 3.8) is 0 Å². The smallest absolute Gasteiger partial charge is 0.183 e. The van der Waals surface area contributed by atoms with Crippen LogP contribution in [0.2, 0.25) is 0 Å². The molecule has 4 nitrogen and oxygen atoms in total. The summed E-state index contributed by atoms with van der Waals surface area (Å²) in [6, 6.07) is 0. The molecule has 3 N–H and O–H groups in total. The van der Waals surface area contributed by atoms with E-state index in [4.69, 9.17) is 9.84 Å². The third kappa shape index (κ3) is 3.10. The van der Waals surface area contributed by atoms with E-state index in [0.717, 1.165) is 18.6 Å². The molecule has 1 aliphatic rings. The van der Waals surface area contributed by atoms with E-state index >= 15 is 0 Å². The van der Waals surface area contributed by atoms with Gasteiger partial charge < -0.3 is 20.1 Å². The maximum atomic E-state index is 9.44. The van der Waals surface area contributed by atoms with Crippen molar-refractivity contribution in [2.75, 3.05) is 11.5 Å². The molecule has 1 rings (SSSR count). The third-order valence-electron chi connectivity index (χ3n) is 2.26. The highest BCUT2D eigenvalue weighted by Gasteiger charge is 2.41. The summed E-state index contributed by atoms with van der Waals surface area (Å²) in [6.07, 6.45) is -1.51. The second-order valence-corrected chi connectivity index (χ2v) is 4.62. The Balaban J connectivity index is 2.19. The molecule has 0 aromatic rings. The highest BCUT2D eigenvalue weighted by atomic mass is 32.2. The molecule has 0 saturated carbocycles. The molecule has 4 atom stereocenters. The maximum Gasteiger partial charge on any atom is 0.183 e. The van der Waals surface area contributed by atoms with Crippen molar-refractivity contribution >= 4 is 11.8 Å². The van der Waals surface area contributed by atoms with Crippen LogP contribution in [0, 0.1) is 0 Å². The first-order chi connectivity index (χ1) is 6.66. The van der Waals surface area contributed by atoms with E-state index in [2.05, 4.69) is 6.92 Å². The molecule has 0 aromatic heterocycles. The number of aliphatic hydroxyl groups is 3. The van der Waals surface area contributed by atoms with Crippen molar-refractivity contribution < 1.29 is 20.1 Å². The fraction of sp³-hybridized carbons (Fsp3) is 1.00. The van der Waals surface area contributed by atoms with Gasteiger partial charge in [0.15, 0.2) is 6.29 Å². The molecule has 0 bridgehead atoms. The average Bonchev–Trinajstić information content (AvgIpc) is 2.41. The van der Waals surface area contributed by atoms with Crippen molar-refractivity contribution in [2.24, 2.45) is 0 Å². The van der Waals surface area contributed by atoms with E-state index in [9.17, 15) is 10.2 Å². The molecular weight excluding hydrogens is 204 g/mol. The number of rotatable bonds is 5. The van der Waals surface area contributed by atoms with Gasteiger partial charge in [0.1, 0.15) is 12.2 Å². The SMILES string of the molecule is CCCCSC[C@H]1O[C@@H](O)[C@@H](O)[C@@H]1O. The van der Waals surface area contributed by atoms with Crippen LogP contribution in [-0.2, 0) is 4.74 Å². The standard InChI is InChI=1S/C9H18O4S/c1-2-3-4-14-5-6-7(10)8(11)9(12)13-6/h6-12H,2-5H2,1H3/t6-,7-,8+,9-/m1/s1. The zero-order valence-corrected chi connectivity index (χ0v) is 9.11. The van der Waals surface area contributed by atoms with Crippen molar-refractivity contribution in [3.8, 4) is 0 Å². The lowest BCUT2D eigenvalue weighted by atomic mass is 10.2. The molecule has 1 aliphatic heterocycles. The summed E-state index contributed by atoms with van der Waals surface area (Å²) in [6.45, 7) is 2.12. The van der Waals surface area contributed by atoms with E-state index in [-0.39, 0.29) is 0 Å². The molecular formula is C9H18O4S. The first-order valence-electron chi connectivity index (χ1n) is 4.94. The Kier molecular flexibility index (Phi) is 5.19. The number of hydrogen-bond donors (Lipinski definition) is 3.